The Labute approximate surface area is 128 Å². The van der Waals surface area contributed by atoms with Crippen LogP contribution in [0.5, 0.6) is 0 Å². The van der Waals surface area contributed by atoms with E-state index in [9.17, 15) is 4.79 Å². The van der Waals surface area contributed by atoms with Crippen molar-refractivity contribution in [2.75, 3.05) is 0 Å². The lowest BCUT2D eigenvalue weighted by Gasteiger charge is -2.13. The van der Waals surface area contributed by atoms with Gasteiger partial charge in [-0.3, -0.25) is 4.79 Å². The van der Waals surface area contributed by atoms with E-state index in [0.29, 0.717) is 0 Å². The van der Waals surface area contributed by atoms with Crippen LogP contribution < -0.4 is 5.73 Å². The van der Waals surface area contributed by atoms with Gasteiger partial charge in [0.1, 0.15) is 0 Å². The number of carbonyl (C=O) groups is 1. The molecule has 4 nitrogen and oxygen atoms in total. The quantitative estimate of drug-likeness (QED) is 0.775. The third-order valence-electron chi connectivity index (χ3n) is 3.96. The van der Waals surface area contributed by atoms with Gasteiger partial charge in [-0.15, -0.1) is 0 Å². The van der Waals surface area contributed by atoms with Crippen LogP contribution in [0.2, 0.25) is 0 Å². The van der Waals surface area contributed by atoms with Gasteiger partial charge in [0.2, 0.25) is 0 Å². The van der Waals surface area contributed by atoms with Gasteiger partial charge in [-0.05, 0) is 11.6 Å². The monoisotopic (exact) mass is 294 g/mol. The Balaban J connectivity index is 2.30. The largest absolute Gasteiger partial charge is 0.481 e. The second kappa shape index (κ2) is 5.66. The van der Waals surface area contributed by atoms with Gasteiger partial charge in [-0.2, -0.15) is 0 Å². The SMILES string of the molecule is Cn1c(-c2ccccc2)c(C(N)CC(=O)O)c2ccccc21. The van der Waals surface area contributed by atoms with Crippen molar-refractivity contribution in [3.8, 4) is 11.3 Å². The summed E-state index contributed by atoms with van der Waals surface area (Å²) in [5, 5.41) is 10.1. The standard InChI is InChI=1S/C18H18N2O2/c1-20-15-10-6-5-9-13(15)17(14(19)11-16(21)22)18(20)12-7-3-2-4-8-12/h2-10,14H,11,19H2,1H3,(H,21,22). The van der Waals surface area contributed by atoms with E-state index in [2.05, 4.69) is 4.57 Å². The van der Waals surface area contributed by atoms with E-state index in [1.807, 2.05) is 61.6 Å². The molecule has 0 bridgehead atoms. The van der Waals surface area contributed by atoms with Crippen LogP contribution in [0.3, 0.4) is 0 Å². The van der Waals surface area contributed by atoms with Crippen molar-refractivity contribution in [3.63, 3.8) is 0 Å². The Bertz CT molecular complexity index is 822. The molecular weight excluding hydrogens is 276 g/mol. The molecule has 0 fully saturated rings. The van der Waals surface area contributed by atoms with E-state index in [1.54, 1.807) is 0 Å². The number of para-hydroxylation sites is 1. The summed E-state index contributed by atoms with van der Waals surface area (Å²) in [5.41, 5.74) is 10.2. The minimum atomic E-state index is -0.889. The number of aliphatic carboxylic acids is 1. The average Bonchev–Trinajstić information content (AvgIpc) is 2.81. The molecular formula is C18H18N2O2. The molecule has 3 N–H and O–H groups in total. The first-order valence-corrected chi connectivity index (χ1v) is 7.19. The average molecular weight is 294 g/mol. The van der Waals surface area contributed by atoms with Crippen molar-refractivity contribution in [1.29, 1.82) is 0 Å². The molecule has 0 amide bonds. The number of hydrogen-bond acceptors (Lipinski definition) is 2. The minimum Gasteiger partial charge on any atom is -0.481 e. The molecule has 0 saturated carbocycles. The van der Waals surface area contributed by atoms with Crippen LogP contribution in [-0.4, -0.2) is 15.6 Å². The normalized spacial score (nSPS) is 12.5. The van der Waals surface area contributed by atoms with Crippen molar-refractivity contribution < 1.29 is 9.90 Å². The Hall–Kier alpha value is -2.59. The van der Waals surface area contributed by atoms with Crippen LogP contribution in [0.25, 0.3) is 22.2 Å². The molecule has 0 spiro atoms. The maximum Gasteiger partial charge on any atom is 0.305 e. The summed E-state index contributed by atoms with van der Waals surface area (Å²) < 4.78 is 2.09. The third-order valence-corrected chi connectivity index (χ3v) is 3.96. The lowest BCUT2D eigenvalue weighted by molar-refractivity contribution is -0.137. The smallest absolute Gasteiger partial charge is 0.305 e. The van der Waals surface area contributed by atoms with Gasteiger partial charge in [-0.1, -0.05) is 48.5 Å². The molecule has 2 aromatic carbocycles. The van der Waals surface area contributed by atoms with E-state index >= 15 is 0 Å². The number of aromatic nitrogens is 1. The van der Waals surface area contributed by atoms with Crippen LogP contribution in [0.15, 0.2) is 54.6 Å². The fourth-order valence-corrected chi connectivity index (χ4v) is 3.03. The Kier molecular flexibility index (Phi) is 3.69. The molecule has 0 saturated heterocycles. The summed E-state index contributed by atoms with van der Waals surface area (Å²) >= 11 is 0. The van der Waals surface area contributed by atoms with Crippen molar-refractivity contribution in [2.45, 2.75) is 12.5 Å². The highest BCUT2D eigenvalue weighted by Crippen LogP contribution is 2.37. The molecule has 0 aliphatic rings. The van der Waals surface area contributed by atoms with E-state index in [4.69, 9.17) is 10.8 Å². The van der Waals surface area contributed by atoms with Gasteiger partial charge in [0.05, 0.1) is 12.1 Å². The lowest BCUT2D eigenvalue weighted by Crippen LogP contribution is -2.15. The number of carboxylic acids is 1. The maximum atomic E-state index is 11.1. The Morgan fingerprint density at radius 2 is 1.77 bits per heavy atom. The van der Waals surface area contributed by atoms with Crippen LogP contribution in [-0.2, 0) is 11.8 Å². The van der Waals surface area contributed by atoms with E-state index in [1.165, 1.54) is 0 Å². The predicted molar refractivity (Wildman–Crippen MR) is 87.5 cm³/mol. The van der Waals surface area contributed by atoms with Crippen molar-refractivity contribution >= 4 is 16.9 Å². The summed E-state index contributed by atoms with van der Waals surface area (Å²) in [7, 11) is 1.99. The fraction of sp³-hybridized carbons (Fsp3) is 0.167. The Morgan fingerprint density at radius 3 is 2.45 bits per heavy atom. The number of hydrogen-bond donors (Lipinski definition) is 2. The summed E-state index contributed by atoms with van der Waals surface area (Å²) in [6.07, 6.45) is -0.0894. The van der Waals surface area contributed by atoms with Gasteiger partial charge >= 0.3 is 5.97 Å². The zero-order valence-corrected chi connectivity index (χ0v) is 12.4. The highest BCUT2D eigenvalue weighted by molar-refractivity contribution is 5.92. The molecule has 22 heavy (non-hydrogen) atoms. The van der Waals surface area contributed by atoms with Crippen molar-refractivity contribution in [1.82, 2.24) is 4.57 Å². The third kappa shape index (κ3) is 2.38. The Morgan fingerprint density at radius 1 is 1.14 bits per heavy atom. The molecule has 0 aliphatic carbocycles. The molecule has 1 aromatic heterocycles. The summed E-state index contributed by atoms with van der Waals surface area (Å²) in [6, 6.07) is 17.4. The predicted octanol–water partition coefficient (Wildman–Crippen LogP) is 3.32. The first kappa shape index (κ1) is 14.4. The molecule has 112 valence electrons. The summed E-state index contributed by atoms with van der Waals surface area (Å²) in [5.74, 6) is -0.889. The van der Waals surface area contributed by atoms with E-state index in [-0.39, 0.29) is 6.42 Å². The summed E-state index contributed by atoms with van der Waals surface area (Å²) in [6.45, 7) is 0. The van der Waals surface area contributed by atoms with Gasteiger partial charge in [0, 0.05) is 29.6 Å². The van der Waals surface area contributed by atoms with Crippen LogP contribution in [0, 0.1) is 0 Å². The zero-order chi connectivity index (χ0) is 15.7. The minimum absolute atomic E-state index is 0.0894. The fourth-order valence-electron chi connectivity index (χ4n) is 3.03. The molecule has 1 heterocycles. The molecule has 0 radical (unpaired) electrons. The van der Waals surface area contributed by atoms with Gasteiger partial charge < -0.3 is 15.4 Å². The maximum absolute atomic E-state index is 11.1. The number of carboxylic acid groups (broad SMARTS) is 1. The van der Waals surface area contributed by atoms with Crippen molar-refractivity contribution in [3.05, 3.63) is 60.2 Å². The van der Waals surface area contributed by atoms with E-state index < -0.39 is 12.0 Å². The number of nitrogens with zero attached hydrogens (tertiary/aromatic N) is 1. The van der Waals surface area contributed by atoms with Crippen LogP contribution in [0.1, 0.15) is 18.0 Å². The van der Waals surface area contributed by atoms with Gasteiger partial charge in [0.15, 0.2) is 0 Å². The second-order valence-corrected chi connectivity index (χ2v) is 5.41. The number of aryl methyl sites for hydroxylation is 1. The molecule has 3 rings (SSSR count). The van der Waals surface area contributed by atoms with Crippen LogP contribution >= 0.6 is 0 Å². The first-order valence-electron chi connectivity index (χ1n) is 7.19. The number of nitrogens with two attached hydrogens (primary N) is 1. The summed E-state index contributed by atoms with van der Waals surface area (Å²) in [4.78, 5) is 11.1. The first-order chi connectivity index (χ1) is 10.6. The highest BCUT2D eigenvalue weighted by Gasteiger charge is 2.22. The second-order valence-electron chi connectivity index (χ2n) is 5.41. The van der Waals surface area contributed by atoms with Gasteiger partial charge in [-0.25, -0.2) is 0 Å². The molecule has 1 unspecified atom stereocenters. The molecule has 1 atom stereocenters. The number of benzene rings is 2. The molecule has 3 aromatic rings. The van der Waals surface area contributed by atoms with Crippen LogP contribution in [0.4, 0.5) is 0 Å². The zero-order valence-electron chi connectivity index (χ0n) is 12.4. The van der Waals surface area contributed by atoms with Crippen molar-refractivity contribution in [2.24, 2.45) is 12.8 Å². The van der Waals surface area contributed by atoms with Gasteiger partial charge in [0.25, 0.3) is 0 Å². The van der Waals surface area contributed by atoms with E-state index in [0.717, 1.165) is 27.7 Å². The number of fused-ring (bicyclic) bond motifs is 1. The topological polar surface area (TPSA) is 68.2 Å². The molecule has 0 aliphatic heterocycles. The highest BCUT2D eigenvalue weighted by atomic mass is 16.4. The number of rotatable bonds is 4. The lowest BCUT2D eigenvalue weighted by atomic mass is 9.97. The molecule has 4 heteroatoms.